The normalized spacial score (nSPS) is 20.6. The zero-order valence-corrected chi connectivity index (χ0v) is 13.4. The molecule has 0 unspecified atom stereocenters. The van der Waals surface area contributed by atoms with Gasteiger partial charge < -0.3 is 5.11 Å². The minimum absolute atomic E-state index is 0.214. The molecule has 0 radical (unpaired) electrons. The van der Waals surface area contributed by atoms with Crippen molar-refractivity contribution < 1.29 is 18.3 Å². The maximum absolute atomic E-state index is 12.9. The summed E-state index contributed by atoms with van der Waals surface area (Å²) in [4.78, 5) is 11.5. The van der Waals surface area contributed by atoms with Crippen LogP contribution in [0.25, 0.3) is 0 Å². The van der Waals surface area contributed by atoms with Crippen LogP contribution in [0.4, 0.5) is 0 Å². The first-order valence-corrected chi connectivity index (χ1v) is 8.44. The van der Waals surface area contributed by atoms with Gasteiger partial charge in [0.25, 0.3) is 0 Å². The van der Waals surface area contributed by atoms with Crippen LogP contribution in [-0.4, -0.2) is 36.4 Å². The van der Waals surface area contributed by atoms with Crippen LogP contribution < -0.4 is 0 Å². The number of carbonyl (C=O) groups is 1. The van der Waals surface area contributed by atoms with Crippen molar-refractivity contribution in [2.24, 2.45) is 0 Å². The van der Waals surface area contributed by atoms with Crippen molar-refractivity contribution >= 4 is 16.0 Å². The van der Waals surface area contributed by atoms with Crippen molar-refractivity contribution in [1.82, 2.24) is 4.31 Å². The number of hydrogen-bond acceptors (Lipinski definition) is 3. The SMILES string of the molecule is CC(C)(C)c1ccccc1S(=O)(=O)N1CCC[C@H]1C(=O)O. The number of aliphatic carboxylic acids is 1. The molecule has 1 fully saturated rings. The van der Waals surface area contributed by atoms with E-state index < -0.39 is 22.0 Å². The van der Waals surface area contributed by atoms with E-state index in [1.165, 1.54) is 0 Å². The van der Waals surface area contributed by atoms with Gasteiger partial charge in [0.2, 0.25) is 10.0 Å². The van der Waals surface area contributed by atoms with Crippen molar-refractivity contribution in [3.05, 3.63) is 29.8 Å². The fourth-order valence-corrected chi connectivity index (χ4v) is 4.77. The summed E-state index contributed by atoms with van der Waals surface area (Å²) in [5.74, 6) is -1.08. The molecule has 1 aliphatic heterocycles. The molecular formula is C15H21NO4S. The Kier molecular flexibility index (Phi) is 4.13. The first-order valence-electron chi connectivity index (χ1n) is 7.00. The molecule has 1 aromatic rings. The fourth-order valence-electron chi connectivity index (χ4n) is 2.71. The van der Waals surface area contributed by atoms with E-state index in [4.69, 9.17) is 0 Å². The minimum atomic E-state index is -3.79. The van der Waals surface area contributed by atoms with E-state index in [1.807, 2.05) is 20.8 Å². The molecule has 5 nitrogen and oxygen atoms in total. The van der Waals surface area contributed by atoms with Gasteiger partial charge in [0, 0.05) is 6.54 Å². The Morgan fingerprint density at radius 1 is 1.29 bits per heavy atom. The average Bonchev–Trinajstić information content (AvgIpc) is 2.88. The summed E-state index contributed by atoms with van der Waals surface area (Å²) in [6, 6.07) is 5.88. The Morgan fingerprint density at radius 2 is 1.90 bits per heavy atom. The smallest absolute Gasteiger partial charge is 0.322 e. The highest BCUT2D eigenvalue weighted by Crippen LogP contribution is 2.33. The molecule has 0 saturated carbocycles. The lowest BCUT2D eigenvalue weighted by molar-refractivity contribution is -0.140. The van der Waals surface area contributed by atoms with Gasteiger partial charge in [-0.05, 0) is 29.9 Å². The molecule has 1 heterocycles. The molecule has 0 bridgehead atoms. The minimum Gasteiger partial charge on any atom is -0.480 e. The summed E-state index contributed by atoms with van der Waals surface area (Å²) >= 11 is 0. The van der Waals surface area contributed by atoms with Crippen molar-refractivity contribution in [3.8, 4) is 0 Å². The largest absolute Gasteiger partial charge is 0.480 e. The third kappa shape index (κ3) is 2.96. The van der Waals surface area contributed by atoms with Gasteiger partial charge in [0.15, 0.2) is 0 Å². The second kappa shape index (κ2) is 5.42. The average molecular weight is 311 g/mol. The number of hydrogen-bond donors (Lipinski definition) is 1. The number of carboxylic acid groups (broad SMARTS) is 1. The lowest BCUT2D eigenvalue weighted by Crippen LogP contribution is -2.41. The summed E-state index contributed by atoms with van der Waals surface area (Å²) in [6.07, 6.45) is 0.945. The molecule has 1 saturated heterocycles. The molecule has 2 rings (SSSR count). The molecule has 1 aliphatic rings. The number of nitrogens with zero attached hydrogens (tertiary/aromatic N) is 1. The lowest BCUT2D eigenvalue weighted by Gasteiger charge is -2.27. The summed E-state index contributed by atoms with van der Waals surface area (Å²) in [5.41, 5.74) is 0.378. The van der Waals surface area contributed by atoms with Gasteiger partial charge >= 0.3 is 5.97 Å². The quantitative estimate of drug-likeness (QED) is 0.929. The fraction of sp³-hybridized carbons (Fsp3) is 0.533. The number of rotatable bonds is 3. The van der Waals surface area contributed by atoms with E-state index in [2.05, 4.69) is 0 Å². The van der Waals surface area contributed by atoms with Crippen LogP contribution in [0, 0.1) is 0 Å². The van der Waals surface area contributed by atoms with E-state index in [0.717, 1.165) is 4.31 Å². The van der Waals surface area contributed by atoms with Crippen molar-refractivity contribution in [3.63, 3.8) is 0 Å². The summed E-state index contributed by atoms with van der Waals surface area (Å²) in [5, 5.41) is 9.22. The third-order valence-electron chi connectivity index (χ3n) is 3.77. The van der Waals surface area contributed by atoms with Gasteiger partial charge in [-0.25, -0.2) is 8.42 Å². The van der Waals surface area contributed by atoms with Crippen molar-refractivity contribution in [2.45, 2.75) is 50.0 Å². The molecule has 1 aromatic carbocycles. The van der Waals surface area contributed by atoms with Crippen LogP contribution >= 0.6 is 0 Å². The maximum atomic E-state index is 12.9. The predicted molar refractivity (Wildman–Crippen MR) is 79.7 cm³/mol. The second-order valence-corrected chi connectivity index (χ2v) is 8.22. The van der Waals surface area contributed by atoms with Crippen LogP contribution in [0.1, 0.15) is 39.2 Å². The highest BCUT2D eigenvalue weighted by atomic mass is 32.2. The predicted octanol–water partition coefficient (Wildman–Crippen LogP) is 2.22. The molecule has 1 N–H and O–H groups in total. The van der Waals surface area contributed by atoms with Crippen LogP contribution in [0.15, 0.2) is 29.2 Å². The zero-order valence-electron chi connectivity index (χ0n) is 12.5. The van der Waals surface area contributed by atoms with Gasteiger partial charge in [0.05, 0.1) is 4.90 Å². The topological polar surface area (TPSA) is 74.7 Å². The molecule has 0 aromatic heterocycles. The maximum Gasteiger partial charge on any atom is 0.322 e. The van der Waals surface area contributed by atoms with Crippen LogP contribution in [0.3, 0.4) is 0 Å². The van der Waals surface area contributed by atoms with Crippen molar-refractivity contribution in [1.29, 1.82) is 0 Å². The molecule has 0 amide bonds. The highest BCUT2D eigenvalue weighted by Gasteiger charge is 2.41. The zero-order chi connectivity index (χ0) is 15.8. The van der Waals surface area contributed by atoms with Gasteiger partial charge in [-0.3, -0.25) is 4.79 Å². The molecule has 116 valence electrons. The molecule has 6 heteroatoms. The number of sulfonamides is 1. The van der Waals surface area contributed by atoms with E-state index in [1.54, 1.807) is 24.3 Å². The monoisotopic (exact) mass is 311 g/mol. The standard InChI is InChI=1S/C15H21NO4S/c1-15(2,3)11-7-4-5-9-13(11)21(19,20)16-10-6-8-12(16)14(17)18/h4-5,7,9,12H,6,8,10H2,1-3H3,(H,17,18)/t12-/m0/s1. The molecule has 0 spiro atoms. The van der Waals surface area contributed by atoms with E-state index in [0.29, 0.717) is 18.4 Å². The van der Waals surface area contributed by atoms with Crippen LogP contribution in [-0.2, 0) is 20.2 Å². The Hall–Kier alpha value is -1.40. The molecule has 21 heavy (non-hydrogen) atoms. The van der Waals surface area contributed by atoms with E-state index >= 15 is 0 Å². The molecule has 0 aliphatic carbocycles. The molecular weight excluding hydrogens is 290 g/mol. The first kappa shape index (κ1) is 16.0. The van der Waals surface area contributed by atoms with Crippen LogP contribution in [0.2, 0.25) is 0 Å². The van der Waals surface area contributed by atoms with E-state index in [-0.39, 0.29) is 16.9 Å². The third-order valence-corrected chi connectivity index (χ3v) is 5.74. The number of benzene rings is 1. The van der Waals surface area contributed by atoms with Gasteiger partial charge in [-0.1, -0.05) is 39.0 Å². The van der Waals surface area contributed by atoms with Gasteiger partial charge in [-0.2, -0.15) is 4.31 Å². The summed E-state index contributed by atoms with van der Waals surface area (Å²) in [7, 11) is -3.79. The van der Waals surface area contributed by atoms with Gasteiger partial charge in [0.1, 0.15) is 6.04 Å². The van der Waals surface area contributed by atoms with E-state index in [9.17, 15) is 18.3 Å². The number of carboxylic acids is 1. The Balaban J connectivity index is 2.53. The van der Waals surface area contributed by atoms with Crippen molar-refractivity contribution in [2.75, 3.05) is 6.54 Å². The summed E-state index contributed by atoms with van der Waals surface area (Å²) in [6.45, 7) is 6.10. The lowest BCUT2D eigenvalue weighted by atomic mass is 9.87. The summed E-state index contributed by atoms with van der Waals surface area (Å²) < 4.78 is 26.9. The molecule has 1 atom stereocenters. The van der Waals surface area contributed by atoms with Crippen LogP contribution in [0.5, 0.6) is 0 Å². The Morgan fingerprint density at radius 3 is 2.48 bits per heavy atom. The Bertz CT molecular complexity index is 646. The second-order valence-electron chi connectivity index (χ2n) is 6.36. The Labute approximate surface area is 125 Å². The van der Waals surface area contributed by atoms with Gasteiger partial charge in [-0.15, -0.1) is 0 Å². The first-order chi connectivity index (χ1) is 9.65. The highest BCUT2D eigenvalue weighted by molar-refractivity contribution is 7.89.